The number of carbonyl (C=O) groups excluding carboxylic acids is 1. The Kier molecular flexibility index (Phi) is 5.91. The summed E-state index contributed by atoms with van der Waals surface area (Å²) in [6, 6.07) is 9.76. The van der Waals surface area contributed by atoms with Gasteiger partial charge in [-0.2, -0.15) is 10.1 Å². The number of carbonyl (C=O) groups is 1. The van der Waals surface area contributed by atoms with Gasteiger partial charge in [-0.05, 0) is 37.3 Å². The number of halogens is 1. The summed E-state index contributed by atoms with van der Waals surface area (Å²) >= 11 is 5.97. The molecule has 1 aliphatic heterocycles. The lowest BCUT2D eigenvalue weighted by Crippen LogP contribution is -2.31. The summed E-state index contributed by atoms with van der Waals surface area (Å²) in [6.45, 7) is 1.81. The van der Waals surface area contributed by atoms with Gasteiger partial charge in [-0.1, -0.05) is 11.6 Å². The van der Waals surface area contributed by atoms with Gasteiger partial charge in [0, 0.05) is 28.0 Å². The maximum atomic E-state index is 13.5. The van der Waals surface area contributed by atoms with Crippen LogP contribution in [0.3, 0.4) is 0 Å². The molecular formula is C22H22ClN5O4. The highest BCUT2D eigenvalue weighted by molar-refractivity contribution is 6.30. The minimum Gasteiger partial charge on any atom is -0.496 e. The summed E-state index contributed by atoms with van der Waals surface area (Å²) in [7, 11) is 4.65. The molecule has 1 atom stereocenters. The van der Waals surface area contributed by atoms with Gasteiger partial charge in [0.2, 0.25) is 5.95 Å². The lowest BCUT2D eigenvalue weighted by Gasteiger charge is -2.30. The van der Waals surface area contributed by atoms with Gasteiger partial charge >= 0.3 is 0 Å². The van der Waals surface area contributed by atoms with Crippen LogP contribution in [0.2, 0.25) is 5.02 Å². The zero-order valence-electron chi connectivity index (χ0n) is 18.0. The van der Waals surface area contributed by atoms with Gasteiger partial charge in [0.05, 0.1) is 26.9 Å². The molecule has 10 heteroatoms. The maximum Gasteiger partial charge on any atom is 0.255 e. The van der Waals surface area contributed by atoms with Crippen molar-refractivity contribution >= 4 is 29.1 Å². The lowest BCUT2D eigenvalue weighted by molar-refractivity contribution is -0.113. The van der Waals surface area contributed by atoms with E-state index in [0.717, 1.165) is 0 Å². The van der Waals surface area contributed by atoms with Crippen LogP contribution in [0.25, 0.3) is 0 Å². The molecule has 2 heterocycles. The van der Waals surface area contributed by atoms with E-state index in [-0.39, 0.29) is 5.91 Å². The number of hydrogen-bond acceptors (Lipinski definition) is 7. The van der Waals surface area contributed by atoms with Crippen LogP contribution in [-0.2, 0) is 4.79 Å². The second-order valence-electron chi connectivity index (χ2n) is 7.00. The SMILES string of the molecule is COc1cc(OC)c([C@@H]2C(C(=O)Nc3ccc(Cl)cc3)=C(C)Nc3ncnn32)cc1OC. The molecule has 0 fully saturated rings. The molecule has 0 saturated heterocycles. The van der Waals surface area contributed by atoms with Gasteiger partial charge in [-0.3, -0.25) is 4.79 Å². The van der Waals surface area contributed by atoms with E-state index in [2.05, 4.69) is 20.7 Å². The number of nitrogens with one attached hydrogen (secondary N) is 2. The minimum atomic E-state index is -0.629. The normalized spacial score (nSPS) is 15.0. The van der Waals surface area contributed by atoms with Crippen LogP contribution in [0.4, 0.5) is 11.6 Å². The van der Waals surface area contributed by atoms with Crippen molar-refractivity contribution in [1.29, 1.82) is 0 Å². The Labute approximate surface area is 190 Å². The monoisotopic (exact) mass is 455 g/mol. The average Bonchev–Trinajstić information content (AvgIpc) is 3.26. The predicted molar refractivity (Wildman–Crippen MR) is 121 cm³/mol. The highest BCUT2D eigenvalue weighted by Gasteiger charge is 2.36. The summed E-state index contributed by atoms with van der Waals surface area (Å²) in [5.41, 5.74) is 2.36. The molecule has 0 unspecified atom stereocenters. The molecule has 1 amide bonds. The molecule has 32 heavy (non-hydrogen) atoms. The molecule has 166 valence electrons. The van der Waals surface area contributed by atoms with Crippen molar-refractivity contribution in [3.05, 3.63) is 64.6 Å². The Bertz CT molecular complexity index is 1190. The van der Waals surface area contributed by atoms with E-state index in [1.54, 1.807) is 62.4 Å². The number of fused-ring (bicyclic) bond motifs is 1. The Morgan fingerprint density at radius 3 is 2.38 bits per heavy atom. The smallest absolute Gasteiger partial charge is 0.255 e. The molecule has 2 N–H and O–H groups in total. The fourth-order valence-electron chi connectivity index (χ4n) is 3.67. The van der Waals surface area contributed by atoms with E-state index < -0.39 is 6.04 Å². The van der Waals surface area contributed by atoms with Crippen LogP contribution in [0, 0.1) is 0 Å². The van der Waals surface area contributed by atoms with E-state index in [1.165, 1.54) is 6.33 Å². The average molecular weight is 456 g/mol. The van der Waals surface area contributed by atoms with Gasteiger partial charge in [-0.15, -0.1) is 0 Å². The van der Waals surface area contributed by atoms with Crippen molar-refractivity contribution in [2.45, 2.75) is 13.0 Å². The molecule has 3 aromatic rings. The van der Waals surface area contributed by atoms with Gasteiger partial charge in [-0.25, -0.2) is 4.68 Å². The predicted octanol–water partition coefficient (Wildman–Crippen LogP) is 3.88. The molecule has 0 bridgehead atoms. The van der Waals surface area contributed by atoms with E-state index in [9.17, 15) is 4.79 Å². The van der Waals surface area contributed by atoms with Crippen LogP contribution < -0.4 is 24.8 Å². The largest absolute Gasteiger partial charge is 0.496 e. The van der Waals surface area contributed by atoms with Crippen LogP contribution in [-0.4, -0.2) is 42.0 Å². The molecular weight excluding hydrogens is 434 g/mol. The molecule has 0 saturated carbocycles. The number of aromatic nitrogens is 3. The minimum absolute atomic E-state index is 0.305. The number of ether oxygens (including phenoxy) is 3. The first kappa shape index (κ1) is 21.5. The zero-order valence-corrected chi connectivity index (χ0v) is 18.7. The fourth-order valence-corrected chi connectivity index (χ4v) is 3.80. The van der Waals surface area contributed by atoms with E-state index in [4.69, 9.17) is 25.8 Å². The standard InChI is InChI=1S/C22H22ClN5O4/c1-12-19(21(29)27-14-7-5-13(23)6-8-14)20(28-22(26-12)24-11-25-28)15-9-17(31-3)18(32-4)10-16(15)30-2/h5-11,20H,1-4H3,(H,27,29)(H,24,25,26)/t20-/m1/s1. The van der Waals surface area contributed by atoms with Crippen LogP contribution in [0.1, 0.15) is 18.5 Å². The second-order valence-corrected chi connectivity index (χ2v) is 7.44. The summed E-state index contributed by atoms with van der Waals surface area (Å²) in [5.74, 6) is 1.72. The number of benzene rings is 2. The van der Waals surface area contributed by atoms with Gasteiger partial charge < -0.3 is 24.8 Å². The summed E-state index contributed by atoms with van der Waals surface area (Å²) < 4.78 is 18.2. The first-order valence-corrected chi connectivity index (χ1v) is 10.1. The number of allylic oxidation sites excluding steroid dienone is 1. The molecule has 1 aromatic heterocycles. The van der Waals surface area contributed by atoms with E-state index in [1.807, 2.05) is 6.92 Å². The van der Waals surface area contributed by atoms with E-state index >= 15 is 0 Å². The van der Waals surface area contributed by atoms with Gasteiger partial charge in [0.1, 0.15) is 18.1 Å². The summed E-state index contributed by atoms with van der Waals surface area (Å²) in [5, 5.41) is 11.0. The highest BCUT2D eigenvalue weighted by Crippen LogP contribution is 2.43. The lowest BCUT2D eigenvalue weighted by atomic mass is 9.93. The van der Waals surface area contributed by atoms with Crippen molar-refractivity contribution < 1.29 is 19.0 Å². The Hall–Kier alpha value is -3.72. The van der Waals surface area contributed by atoms with Crippen molar-refractivity contribution in [3.63, 3.8) is 0 Å². The Morgan fingerprint density at radius 2 is 1.72 bits per heavy atom. The van der Waals surface area contributed by atoms with Crippen molar-refractivity contribution in [2.24, 2.45) is 0 Å². The van der Waals surface area contributed by atoms with Gasteiger partial charge in [0.25, 0.3) is 5.91 Å². The maximum absolute atomic E-state index is 13.5. The molecule has 2 aromatic carbocycles. The third kappa shape index (κ3) is 3.82. The third-order valence-electron chi connectivity index (χ3n) is 5.17. The second kappa shape index (κ2) is 8.80. The molecule has 0 spiro atoms. The zero-order chi connectivity index (χ0) is 22.8. The topological polar surface area (TPSA) is 99.5 Å². The van der Waals surface area contributed by atoms with Crippen LogP contribution in [0.5, 0.6) is 17.2 Å². The number of amides is 1. The number of nitrogens with zero attached hydrogens (tertiary/aromatic N) is 3. The first-order valence-electron chi connectivity index (χ1n) is 9.71. The number of hydrogen-bond donors (Lipinski definition) is 2. The molecule has 1 aliphatic rings. The quantitative estimate of drug-likeness (QED) is 0.581. The van der Waals surface area contributed by atoms with Gasteiger partial charge in [0.15, 0.2) is 11.5 Å². The highest BCUT2D eigenvalue weighted by atomic mass is 35.5. The molecule has 0 aliphatic carbocycles. The number of rotatable bonds is 6. The first-order chi connectivity index (χ1) is 15.5. The Balaban J connectivity index is 1.84. The number of methoxy groups -OCH3 is 3. The molecule has 4 rings (SSSR count). The van der Waals surface area contributed by atoms with Crippen molar-refractivity contribution in [2.75, 3.05) is 32.0 Å². The van der Waals surface area contributed by atoms with Crippen molar-refractivity contribution in [3.8, 4) is 17.2 Å². The molecule has 9 nitrogen and oxygen atoms in total. The fraction of sp³-hybridized carbons (Fsp3) is 0.227. The van der Waals surface area contributed by atoms with E-state index in [0.29, 0.717) is 50.7 Å². The number of anilines is 2. The summed E-state index contributed by atoms with van der Waals surface area (Å²) in [4.78, 5) is 17.7. The van der Waals surface area contributed by atoms with Crippen LogP contribution >= 0.6 is 11.6 Å². The summed E-state index contributed by atoms with van der Waals surface area (Å²) in [6.07, 6.45) is 1.43. The van der Waals surface area contributed by atoms with Crippen LogP contribution in [0.15, 0.2) is 54.0 Å². The third-order valence-corrected chi connectivity index (χ3v) is 5.42. The Morgan fingerprint density at radius 1 is 1.06 bits per heavy atom. The van der Waals surface area contributed by atoms with Crippen molar-refractivity contribution in [1.82, 2.24) is 14.8 Å². The molecule has 0 radical (unpaired) electrons.